The quantitative estimate of drug-likeness (QED) is 0.810. The maximum Gasteiger partial charge on any atom is 0.313 e. The molecule has 0 aliphatic carbocycles. The number of aryl methyl sites for hydroxylation is 1. The Labute approximate surface area is 107 Å². The standard InChI is InChI=1S/C10H12N4O3S/c1-3-14-8-7(9(17-2)12-5-11-8)13-10(14)18-4-6(15)16/h5H,3-4H2,1-2H3,(H,15,16). The molecule has 18 heavy (non-hydrogen) atoms. The molecule has 0 unspecified atom stereocenters. The van der Waals surface area contributed by atoms with E-state index < -0.39 is 5.97 Å². The molecule has 0 amide bonds. The highest BCUT2D eigenvalue weighted by molar-refractivity contribution is 7.99. The van der Waals surface area contributed by atoms with E-state index in [1.54, 1.807) is 0 Å². The number of methoxy groups -OCH3 is 1. The van der Waals surface area contributed by atoms with Crippen molar-refractivity contribution in [2.24, 2.45) is 0 Å². The second-order valence-corrected chi connectivity index (χ2v) is 4.32. The van der Waals surface area contributed by atoms with Crippen LogP contribution in [0.1, 0.15) is 6.92 Å². The minimum Gasteiger partial charge on any atom is -0.481 e. The van der Waals surface area contributed by atoms with Crippen molar-refractivity contribution in [2.75, 3.05) is 12.9 Å². The van der Waals surface area contributed by atoms with Gasteiger partial charge in [-0.1, -0.05) is 11.8 Å². The summed E-state index contributed by atoms with van der Waals surface area (Å²) in [5.74, 6) is -0.531. The SMILES string of the molecule is CCn1c(SCC(=O)O)nc2c(OC)ncnc21. The minimum absolute atomic E-state index is 0.0426. The van der Waals surface area contributed by atoms with Gasteiger partial charge in [-0.25, -0.2) is 9.97 Å². The Morgan fingerprint density at radius 3 is 2.94 bits per heavy atom. The van der Waals surface area contributed by atoms with Crippen molar-refractivity contribution >= 4 is 28.9 Å². The normalized spacial score (nSPS) is 10.8. The summed E-state index contributed by atoms with van der Waals surface area (Å²) < 4.78 is 6.95. The molecular weight excluding hydrogens is 256 g/mol. The van der Waals surface area contributed by atoms with E-state index in [4.69, 9.17) is 9.84 Å². The van der Waals surface area contributed by atoms with E-state index in [1.165, 1.54) is 13.4 Å². The maximum absolute atomic E-state index is 10.6. The van der Waals surface area contributed by atoms with Gasteiger partial charge >= 0.3 is 5.97 Å². The highest BCUT2D eigenvalue weighted by atomic mass is 32.2. The number of imidazole rings is 1. The van der Waals surface area contributed by atoms with Crippen LogP contribution in [0, 0.1) is 0 Å². The van der Waals surface area contributed by atoms with E-state index in [0.717, 1.165) is 11.8 Å². The van der Waals surface area contributed by atoms with Crippen molar-refractivity contribution in [1.82, 2.24) is 19.5 Å². The second kappa shape index (κ2) is 5.21. The Morgan fingerprint density at radius 1 is 1.56 bits per heavy atom. The number of hydrogen-bond acceptors (Lipinski definition) is 6. The fourth-order valence-electron chi connectivity index (χ4n) is 1.57. The fourth-order valence-corrected chi connectivity index (χ4v) is 2.35. The molecular formula is C10H12N4O3S. The van der Waals surface area contributed by atoms with Crippen LogP contribution in [0.2, 0.25) is 0 Å². The predicted octanol–water partition coefficient (Wildman–Crippen LogP) is 1.03. The molecule has 96 valence electrons. The molecule has 1 N–H and O–H groups in total. The van der Waals surface area contributed by atoms with Crippen LogP contribution in [0.4, 0.5) is 0 Å². The average molecular weight is 268 g/mol. The van der Waals surface area contributed by atoms with E-state index in [-0.39, 0.29) is 5.75 Å². The number of rotatable bonds is 5. The molecule has 0 radical (unpaired) electrons. The van der Waals surface area contributed by atoms with Crippen molar-refractivity contribution in [3.8, 4) is 5.88 Å². The van der Waals surface area contributed by atoms with Gasteiger partial charge in [-0.2, -0.15) is 4.98 Å². The zero-order valence-corrected chi connectivity index (χ0v) is 10.8. The van der Waals surface area contributed by atoms with Gasteiger partial charge in [0.05, 0.1) is 12.9 Å². The van der Waals surface area contributed by atoms with Crippen molar-refractivity contribution in [1.29, 1.82) is 0 Å². The molecule has 0 saturated carbocycles. The van der Waals surface area contributed by atoms with Crippen LogP contribution in [0.5, 0.6) is 5.88 Å². The first-order valence-electron chi connectivity index (χ1n) is 5.27. The summed E-state index contributed by atoms with van der Waals surface area (Å²) >= 11 is 1.15. The van der Waals surface area contributed by atoms with Crippen LogP contribution >= 0.6 is 11.8 Å². The van der Waals surface area contributed by atoms with E-state index >= 15 is 0 Å². The van der Waals surface area contributed by atoms with Gasteiger partial charge < -0.3 is 14.4 Å². The number of hydrogen-bond donors (Lipinski definition) is 1. The molecule has 0 aliphatic rings. The first-order valence-corrected chi connectivity index (χ1v) is 6.25. The van der Waals surface area contributed by atoms with Crippen molar-refractivity contribution in [2.45, 2.75) is 18.6 Å². The number of ether oxygens (including phenoxy) is 1. The molecule has 0 atom stereocenters. The smallest absolute Gasteiger partial charge is 0.313 e. The molecule has 0 bridgehead atoms. The Hall–Kier alpha value is -1.83. The fraction of sp³-hybridized carbons (Fsp3) is 0.400. The lowest BCUT2D eigenvalue weighted by atomic mass is 10.5. The molecule has 0 spiro atoms. The van der Waals surface area contributed by atoms with Crippen LogP contribution < -0.4 is 4.74 Å². The number of fused-ring (bicyclic) bond motifs is 1. The number of carbonyl (C=O) groups is 1. The molecule has 2 rings (SSSR count). The summed E-state index contributed by atoms with van der Waals surface area (Å²) in [4.78, 5) is 23.1. The molecule has 0 saturated heterocycles. The Kier molecular flexibility index (Phi) is 3.66. The summed E-state index contributed by atoms with van der Waals surface area (Å²) in [6, 6.07) is 0. The third-order valence-corrected chi connectivity index (χ3v) is 3.26. The van der Waals surface area contributed by atoms with E-state index in [0.29, 0.717) is 28.7 Å². The van der Waals surface area contributed by atoms with Gasteiger partial charge in [-0.05, 0) is 6.92 Å². The number of carboxylic acids is 1. The highest BCUT2D eigenvalue weighted by Crippen LogP contribution is 2.26. The van der Waals surface area contributed by atoms with Gasteiger partial charge in [0.1, 0.15) is 6.33 Å². The number of aliphatic carboxylic acids is 1. The Bertz CT molecular complexity index is 584. The molecule has 0 fully saturated rings. The number of nitrogens with zero attached hydrogens (tertiary/aromatic N) is 4. The molecule has 0 aromatic carbocycles. The largest absolute Gasteiger partial charge is 0.481 e. The zero-order valence-electron chi connectivity index (χ0n) is 9.95. The molecule has 0 aliphatic heterocycles. The summed E-state index contributed by atoms with van der Waals surface area (Å²) in [5.41, 5.74) is 1.20. The van der Waals surface area contributed by atoms with Gasteiger partial charge in [0.2, 0.25) is 5.88 Å². The Morgan fingerprint density at radius 2 is 2.33 bits per heavy atom. The van der Waals surface area contributed by atoms with Crippen LogP contribution in [-0.2, 0) is 11.3 Å². The van der Waals surface area contributed by atoms with Gasteiger partial charge in [0, 0.05) is 6.54 Å². The Balaban J connectivity index is 2.49. The molecule has 2 aromatic heterocycles. The lowest BCUT2D eigenvalue weighted by Gasteiger charge is -2.03. The maximum atomic E-state index is 10.6. The van der Waals surface area contributed by atoms with E-state index in [9.17, 15) is 4.79 Å². The average Bonchev–Trinajstić information content (AvgIpc) is 2.73. The predicted molar refractivity (Wildman–Crippen MR) is 65.9 cm³/mol. The first kappa shape index (κ1) is 12.6. The summed E-state index contributed by atoms with van der Waals surface area (Å²) in [6.45, 7) is 2.60. The van der Waals surface area contributed by atoms with Crippen LogP contribution in [0.3, 0.4) is 0 Å². The van der Waals surface area contributed by atoms with Crippen molar-refractivity contribution in [3.63, 3.8) is 0 Å². The monoisotopic (exact) mass is 268 g/mol. The number of thioether (sulfide) groups is 1. The molecule has 7 nitrogen and oxygen atoms in total. The minimum atomic E-state index is -0.882. The lowest BCUT2D eigenvalue weighted by Crippen LogP contribution is -2.02. The highest BCUT2D eigenvalue weighted by Gasteiger charge is 2.16. The van der Waals surface area contributed by atoms with Gasteiger partial charge in [-0.3, -0.25) is 4.79 Å². The summed E-state index contributed by atoms with van der Waals surface area (Å²) in [6.07, 6.45) is 1.40. The number of aromatic nitrogens is 4. The summed E-state index contributed by atoms with van der Waals surface area (Å²) in [5, 5.41) is 9.31. The van der Waals surface area contributed by atoms with Crippen LogP contribution in [0.15, 0.2) is 11.5 Å². The summed E-state index contributed by atoms with van der Waals surface area (Å²) in [7, 11) is 1.51. The topological polar surface area (TPSA) is 90.1 Å². The van der Waals surface area contributed by atoms with Gasteiger partial charge in [-0.15, -0.1) is 0 Å². The zero-order chi connectivity index (χ0) is 13.1. The molecule has 8 heteroatoms. The third-order valence-electron chi connectivity index (χ3n) is 2.30. The first-order chi connectivity index (χ1) is 8.67. The van der Waals surface area contributed by atoms with E-state index in [1.807, 2.05) is 11.5 Å². The van der Waals surface area contributed by atoms with Crippen LogP contribution in [-0.4, -0.2) is 43.5 Å². The van der Waals surface area contributed by atoms with Crippen LogP contribution in [0.25, 0.3) is 11.2 Å². The number of carboxylic acid groups (broad SMARTS) is 1. The lowest BCUT2D eigenvalue weighted by molar-refractivity contribution is -0.133. The van der Waals surface area contributed by atoms with Gasteiger partial charge in [0.25, 0.3) is 0 Å². The molecule has 2 heterocycles. The third kappa shape index (κ3) is 2.23. The van der Waals surface area contributed by atoms with Crippen molar-refractivity contribution < 1.29 is 14.6 Å². The van der Waals surface area contributed by atoms with E-state index in [2.05, 4.69) is 15.0 Å². The molecule has 2 aromatic rings. The van der Waals surface area contributed by atoms with Crippen molar-refractivity contribution in [3.05, 3.63) is 6.33 Å². The second-order valence-electron chi connectivity index (χ2n) is 3.38. The van der Waals surface area contributed by atoms with Gasteiger partial charge in [0.15, 0.2) is 16.3 Å².